The van der Waals surface area contributed by atoms with E-state index in [0.717, 1.165) is 11.1 Å². The fourth-order valence-electron chi connectivity index (χ4n) is 1.51. The molecule has 0 unspecified atom stereocenters. The number of benzene rings is 1. The van der Waals surface area contributed by atoms with Gasteiger partial charge in [-0.15, -0.1) is 10.2 Å². The predicted octanol–water partition coefficient (Wildman–Crippen LogP) is 1.82. The van der Waals surface area contributed by atoms with Gasteiger partial charge in [-0.1, -0.05) is 29.8 Å². The quantitative estimate of drug-likeness (QED) is 0.900. The van der Waals surface area contributed by atoms with E-state index in [1.54, 1.807) is 12.1 Å². The van der Waals surface area contributed by atoms with E-state index in [4.69, 9.17) is 17.3 Å². The van der Waals surface area contributed by atoms with Gasteiger partial charge in [-0.2, -0.15) is 0 Å². The normalized spacial score (nSPS) is 10.2. The van der Waals surface area contributed by atoms with E-state index < -0.39 is 0 Å². The fourth-order valence-corrected chi connectivity index (χ4v) is 1.61. The van der Waals surface area contributed by atoms with Gasteiger partial charge in [0.2, 0.25) is 5.91 Å². The highest BCUT2D eigenvalue weighted by atomic mass is 35.5. The molecular formula is C12H10ClN3O. The molecule has 17 heavy (non-hydrogen) atoms. The van der Waals surface area contributed by atoms with Gasteiger partial charge < -0.3 is 5.73 Å². The third-order valence-electron chi connectivity index (χ3n) is 2.23. The van der Waals surface area contributed by atoms with Gasteiger partial charge in [-0.25, -0.2) is 0 Å². The van der Waals surface area contributed by atoms with Crippen LogP contribution in [0, 0.1) is 0 Å². The molecule has 2 aromatic rings. The lowest BCUT2D eigenvalue weighted by Crippen LogP contribution is -2.13. The molecular weight excluding hydrogens is 238 g/mol. The number of aromatic nitrogens is 2. The maximum atomic E-state index is 10.8. The Labute approximate surface area is 103 Å². The van der Waals surface area contributed by atoms with Crippen molar-refractivity contribution in [1.29, 1.82) is 0 Å². The molecule has 0 saturated carbocycles. The number of halogens is 1. The number of hydrogen-bond acceptors (Lipinski definition) is 3. The van der Waals surface area contributed by atoms with Gasteiger partial charge in [-0.05, 0) is 23.8 Å². The molecule has 0 aliphatic carbocycles. The standard InChI is InChI=1S/C12H10ClN3O/c13-11-5-4-10(15-16-11)9-3-1-2-8(6-9)7-12(14)17/h1-6H,7H2,(H2,14,17). The summed E-state index contributed by atoms with van der Waals surface area (Å²) in [5, 5.41) is 8.09. The molecule has 86 valence electrons. The van der Waals surface area contributed by atoms with Crippen LogP contribution in [0.25, 0.3) is 11.3 Å². The van der Waals surface area contributed by atoms with Gasteiger partial charge in [-0.3, -0.25) is 4.79 Å². The van der Waals surface area contributed by atoms with Crippen LogP contribution in [0.4, 0.5) is 0 Å². The zero-order chi connectivity index (χ0) is 12.3. The van der Waals surface area contributed by atoms with Crippen LogP contribution in [-0.4, -0.2) is 16.1 Å². The Hall–Kier alpha value is -1.94. The van der Waals surface area contributed by atoms with Crippen molar-refractivity contribution in [2.75, 3.05) is 0 Å². The summed E-state index contributed by atoms with van der Waals surface area (Å²) in [4.78, 5) is 10.8. The smallest absolute Gasteiger partial charge is 0.221 e. The molecule has 0 radical (unpaired) electrons. The summed E-state index contributed by atoms with van der Waals surface area (Å²) in [6.07, 6.45) is 0.217. The highest BCUT2D eigenvalue weighted by molar-refractivity contribution is 6.29. The summed E-state index contributed by atoms with van der Waals surface area (Å²) in [5.74, 6) is -0.357. The first-order valence-corrected chi connectivity index (χ1v) is 5.40. The Bertz CT molecular complexity index is 540. The molecule has 0 fully saturated rings. The van der Waals surface area contributed by atoms with Crippen molar-refractivity contribution in [3.63, 3.8) is 0 Å². The Morgan fingerprint density at radius 3 is 2.71 bits per heavy atom. The predicted molar refractivity (Wildman–Crippen MR) is 65.4 cm³/mol. The first kappa shape index (κ1) is 11.5. The van der Waals surface area contributed by atoms with Crippen LogP contribution in [0.15, 0.2) is 36.4 Å². The number of hydrogen-bond donors (Lipinski definition) is 1. The van der Waals surface area contributed by atoms with Crippen LogP contribution in [0.5, 0.6) is 0 Å². The van der Waals surface area contributed by atoms with E-state index in [9.17, 15) is 4.79 Å². The van der Waals surface area contributed by atoms with E-state index in [-0.39, 0.29) is 12.3 Å². The number of carbonyl (C=O) groups is 1. The first-order chi connectivity index (χ1) is 8.15. The molecule has 1 aromatic carbocycles. The molecule has 0 bridgehead atoms. The van der Waals surface area contributed by atoms with Crippen LogP contribution in [-0.2, 0) is 11.2 Å². The molecule has 0 aliphatic rings. The average Bonchev–Trinajstić information content (AvgIpc) is 2.29. The molecule has 2 N–H and O–H groups in total. The van der Waals surface area contributed by atoms with Gasteiger partial charge in [0.15, 0.2) is 5.15 Å². The molecule has 1 aromatic heterocycles. The van der Waals surface area contributed by atoms with Gasteiger partial charge in [0.05, 0.1) is 12.1 Å². The minimum atomic E-state index is -0.357. The Morgan fingerprint density at radius 2 is 2.06 bits per heavy atom. The van der Waals surface area contributed by atoms with Crippen molar-refractivity contribution in [2.24, 2.45) is 5.73 Å². The zero-order valence-electron chi connectivity index (χ0n) is 8.93. The highest BCUT2D eigenvalue weighted by Gasteiger charge is 2.03. The van der Waals surface area contributed by atoms with E-state index in [0.29, 0.717) is 10.8 Å². The van der Waals surface area contributed by atoms with E-state index in [2.05, 4.69) is 10.2 Å². The van der Waals surface area contributed by atoms with Crippen LogP contribution in [0.3, 0.4) is 0 Å². The molecule has 4 nitrogen and oxygen atoms in total. The molecule has 1 amide bonds. The van der Waals surface area contributed by atoms with Gasteiger partial charge in [0, 0.05) is 5.56 Å². The second-order valence-electron chi connectivity index (χ2n) is 3.58. The molecule has 1 heterocycles. The fraction of sp³-hybridized carbons (Fsp3) is 0.0833. The highest BCUT2D eigenvalue weighted by Crippen LogP contribution is 2.18. The minimum Gasteiger partial charge on any atom is -0.369 e. The Balaban J connectivity index is 2.32. The summed E-state index contributed by atoms with van der Waals surface area (Å²) >= 11 is 5.66. The monoisotopic (exact) mass is 247 g/mol. The summed E-state index contributed by atoms with van der Waals surface area (Å²) in [6, 6.07) is 10.9. The van der Waals surface area contributed by atoms with Crippen molar-refractivity contribution in [1.82, 2.24) is 10.2 Å². The van der Waals surface area contributed by atoms with E-state index in [1.807, 2.05) is 24.3 Å². The molecule has 0 aliphatic heterocycles. The van der Waals surface area contributed by atoms with Crippen LogP contribution < -0.4 is 5.73 Å². The summed E-state index contributed by atoms with van der Waals surface area (Å²) in [7, 11) is 0. The lowest BCUT2D eigenvalue weighted by atomic mass is 10.1. The van der Waals surface area contributed by atoms with Gasteiger partial charge in [0.25, 0.3) is 0 Å². The third-order valence-corrected chi connectivity index (χ3v) is 2.43. The van der Waals surface area contributed by atoms with E-state index >= 15 is 0 Å². The lowest BCUT2D eigenvalue weighted by molar-refractivity contribution is -0.117. The maximum Gasteiger partial charge on any atom is 0.221 e. The zero-order valence-corrected chi connectivity index (χ0v) is 9.69. The van der Waals surface area contributed by atoms with Crippen LogP contribution in [0.2, 0.25) is 5.15 Å². The minimum absolute atomic E-state index is 0.217. The largest absolute Gasteiger partial charge is 0.369 e. The first-order valence-electron chi connectivity index (χ1n) is 5.02. The van der Waals surface area contributed by atoms with Crippen LogP contribution >= 0.6 is 11.6 Å². The van der Waals surface area contributed by atoms with Crippen LogP contribution in [0.1, 0.15) is 5.56 Å². The molecule has 0 atom stereocenters. The number of carbonyl (C=O) groups excluding carboxylic acids is 1. The number of rotatable bonds is 3. The maximum absolute atomic E-state index is 10.8. The molecule has 0 spiro atoms. The number of amides is 1. The number of nitrogens with zero attached hydrogens (tertiary/aromatic N) is 2. The van der Waals surface area contributed by atoms with Crippen molar-refractivity contribution >= 4 is 17.5 Å². The van der Waals surface area contributed by atoms with Crippen molar-refractivity contribution in [3.05, 3.63) is 47.1 Å². The molecule has 2 rings (SSSR count). The SMILES string of the molecule is NC(=O)Cc1cccc(-c2ccc(Cl)nn2)c1. The average molecular weight is 248 g/mol. The van der Waals surface area contributed by atoms with Crippen molar-refractivity contribution in [2.45, 2.75) is 6.42 Å². The van der Waals surface area contributed by atoms with Crippen molar-refractivity contribution in [3.8, 4) is 11.3 Å². The van der Waals surface area contributed by atoms with Gasteiger partial charge >= 0.3 is 0 Å². The lowest BCUT2D eigenvalue weighted by Gasteiger charge is -2.02. The third kappa shape index (κ3) is 3.01. The molecule has 5 heteroatoms. The molecule has 0 saturated heterocycles. The Morgan fingerprint density at radius 1 is 1.24 bits per heavy atom. The van der Waals surface area contributed by atoms with Gasteiger partial charge in [0.1, 0.15) is 0 Å². The second kappa shape index (κ2) is 4.93. The number of primary amides is 1. The topological polar surface area (TPSA) is 68.9 Å². The summed E-state index contributed by atoms with van der Waals surface area (Å²) in [6.45, 7) is 0. The summed E-state index contributed by atoms with van der Waals surface area (Å²) in [5.41, 5.74) is 7.59. The van der Waals surface area contributed by atoms with E-state index in [1.165, 1.54) is 0 Å². The second-order valence-corrected chi connectivity index (χ2v) is 3.97. The number of nitrogens with two attached hydrogens (primary N) is 1. The Kier molecular flexibility index (Phi) is 3.35. The summed E-state index contributed by atoms with van der Waals surface area (Å²) < 4.78 is 0. The van der Waals surface area contributed by atoms with Crippen molar-refractivity contribution < 1.29 is 4.79 Å².